The minimum Gasteiger partial charge on any atom is -0.517 e. The molecule has 0 amide bonds. The standard InChI is InChI=1S/C13H18O3Si/c1-15-12-8-6-5-7-11(12)9-10-13(14)16-17(2,3)4/h5-10H,1-4H3/b10-9+. The van der Waals surface area contributed by atoms with E-state index < -0.39 is 8.32 Å². The van der Waals surface area contributed by atoms with E-state index in [2.05, 4.69) is 0 Å². The molecule has 0 aliphatic carbocycles. The SMILES string of the molecule is COc1ccccc1/C=C/C(=O)O[Si](C)(C)C. The van der Waals surface area contributed by atoms with Crippen LogP contribution in [0.5, 0.6) is 5.75 Å². The lowest BCUT2D eigenvalue weighted by Crippen LogP contribution is -2.28. The lowest BCUT2D eigenvalue weighted by Gasteiger charge is -2.15. The van der Waals surface area contributed by atoms with Crippen LogP contribution in [0.4, 0.5) is 0 Å². The quantitative estimate of drug-likeness (QED) is 0.608. The van der Waals surface area contributed by atoms with Crippen LogP contribution in [0.2, 0.25) is 19.6 Å². The summed E-state index contributed by atoms with van der Waals surface area (Å²) >= 11 is 0. The normalized spacial score (nSPS) is 11.5. The largest absolute Gasteiger partial charge is 0.517 e. The first kappa shape index (κ1) is 13.5. The van der Waals surface area contributed by atoms with E-state index in [9.17, 15) is 4.79 Å². The number of methoxy groups -OCH3 is 1. The molecule has 0 aliphatic heterocycles. The van der Waals surface area contributed by atoms with Crippen LogP contribution in [0, 0.1) is 0 Å². The lowest BCUT2D eigenvalue weighted by atomic mass is 10.2. The van der Waals surface area contributed by atoms with Crippen molar-refractivity contribution in [3.05, 3.63) is 35.9 Å². The zero-order valence-electron chi connectivity index (χ0n) is 10.7. The van der Waals surface area contributed by atoms with Crippen molar-refractivity contribution in [1.82, 2.24) is 0 Å². The summed E-state index contributed by atoms with van der Waals surface area (Å²) in [4.78, 5) is 11.5. The van der Waals surface area contributed by atoms with E-state index in [0.29, 0.717) is 0 Å². The van der Waals surface area contributed by atoms with Gasteiger partial charge in [0.2, 0.25) is 8.32 Å². The van der Waals surface area contributed by atoms with Gasteiger partial charge in [-0.25, -0.2) is 4.79 Å². The van der Waals surface area contributed by atoms with Crippen molar-refractivity contribution in [2.75, 3.05) is 7.11 Å². The summed E-state index contributed by atoms with van der Waals surface area (Å²) in [6.07, 6.45) is 3.15. The van der Waals surface area contributed by atoms with Gasteiger partial charge in [-0.3, -0.25) is 0 Å². The van der Waals surface area contributed by atoms with Gasteiger partial charge in [0.05, 0.1) is 7.11 Å². The highest BCUT2D eigenvalue weighted by Crippen LogP contribution is 2.18. The molecular formula is C13H18O3Si. The fraction of sp³-hybridized carbons (Fsp3) is 0.308. The molecule has 0 radical (unpaired) electrons. The molecule has 17 heavy (non-hydrogen) atoms. The number of carbonyl (C=O) groups is 1. The predicted octanol–water partition coefficient (Wildman–Crippen LogP) is 3.09. The second kappa shape index (κ2) is 5.68. The average molecular weight is 250 g/mol. The van der Waals surface area contributed by atoms with Crippen LogP contribution in [-0.2, 0) is 9.22 Å². The van der Waals surface area contributed by atoms with E-state index >= 15 is 0 Å². The zero-order valence-corrected chi connectivity index (χ0v) is 11.7. The van der Waals surface area contributed by atoms with Gasteiger partial charge in [0.25, 0.3) is 0 Å². The van der Waals surface area contributed by atoms with Crippen LogP contribution >= 0.6 is 0 Å². The Balaban J connectivity index is 2.74. The van der Waals surface area contributed by atoms with E-state index in [-0.39, 0.29) is 5.97 Å². The topological polar surface area (TPSA) is 35.5 Å². The number of hydrogen-bond donors (Lipinski definition) is 0. The molecule has 0 fully saturated rings. The van der Waals surface area contributed by atoms with Crippen molar-refractivity contribution in [2.24, 2.45) is 0 Å². The maximum atomic E-state index is 11.5. The van der Waals surface area contributed by atoms with Gasteiger partial charge < -0.3 is 9.16 Å². The summed E-state index contributed by atoms with van der Waals surface area (Å²) < 4.78 is 10.5. The summed E-state index contributed by atoms with van der Waals surface area (Å²) in [5, 5.41) is 0. The first-order chi connectivity index (χ1) is 7.92. The Labute approximate surface area is 103 Å². The van der Waals surface area contributed by atoms with E-state index in [0.717, 1.165) is 11.3 Å². The Kier molecular flexibility index (Phi) is 4.51. The van der Waals surface area contributed by atoms with Crippen LogP contribution in [0.1, 0.15) is 5.56 Å². The number of ether oxygens (including phenoxy) is 1. The average Bonchev–Trinajstić information content (AvgIpc) is 2.24. The van der Waals surface area contributed by atoms with Gasteiger partial charge in [0, 0.05) is 11.6 Å². The third kappa shape index (κ3) is 4.87. The zero-order chi connectivity index (χ0) is 12.9. The van der Waals surface area contributed by atoms with Crippen LogP contribution in [-0.4, -0.2) is 21.4 Å². The van der Waals surface area contributed by atoms with E-state index in [1.807, 2.05) is 43.9 Å². The molecule has 0 saturated heterocycles. The summed E-state index contributed by atoms with van der Waals surface area (Å²) in [5.74, 6) is 0.444. The van der Waals surface area contributed by atoms with Crippen LogP contribution in [0.25, 0.3) is 6.08 Å². The molecular weight excluding hydrogens is 232 g/mol. The van der Waals surface area contributed by atoms with Crippen molar-refractivity contribution in [3.63, 3.8) is 0 Å². The molecule has 0 atom stereocenters. The lowest BCUT2D eigenvalue weighted by molar-refractivity contribution is -0.129. The fourth-order valence-electron chi connectivity index (χ4n) is 1.30. The number of rotatable bonds is 4. The number of hydrogen-bond acceptors (Lipinski definition) is 3. The fourth-order valence-corrected chi connectivity index (χ4v) is 1.97. The van der Waals surface area contributed by atoms with Crippen LogP contribution in [0.15, 0.2) is 30.3 Å². The summed E-state index contributed by atoms with van der Waals surface area (Å²) in [5.41, 5.74) is 0.863. The van der Waals surface area contributed by atoms with Crippen molar-refractivity contribution >= 4 is 20.4 Å². The molecule has 0 unspecified atom stereocenters. The molecule has 1 aromatic rings. The maximum absolute atomic E-state index is 11.5. The smallest absolute Gasteiger partial charge is 0.317 e. The van der Waals surface area contributed by atoms with E-state index in [1.165, 1.54) is 6.08 Å². The van der Waals surface area contributed by atoms with Gasteiger partial charge in [-0.05, 0) is 31.8 Å². The Hall–Kier alpha value is -1.55. The molecule has 0 N–H and O–H groups in total. The van der Waals surface area contributed by atoms with Crippen molar-refractivity contribution in [2.45, 2.75) is 19.6 Å². The van der Waals surface area contributed by atoms with Gasteiger partial charge in [-0.1, -0.05) is 18.2 Å². The summed E-state index contributed by atoms with van der Waals surface area (Å²) in [6, 6.07) is 7.52. The highest BCUT2D eigenvalue weighted by molar-refractivity contribution is 6.71. The van der Waals surface area contributed by atoms with Gasteiger partial charge >= 0.3 is 5.97 Å². The van der Waals surface area contributed by atoms with Crippen molar-refractivity contribution in [1.29, 1.82) is 0 Å². The third-order valence-electron chi connectivity index (χ3n) is 1.94. The molecule has 0 spiro atoms. The second-order valence-corrected chi connectivity index (χ2v) is 9.04. The van der Waals surface area contributed by atoms with Gasteiger partial charge in [0.15, 0.2) is 0 Å². The van der Waals surface area contributed by atoms with Crippen LogP contribution in [0.3, 0.4) is 0 Å². The van der Waals surface area contributed by atoms with E-state index in [4.69, 9.17) is 9.16 Å². The molecule has 0 aromatic heterocycles. The monoisotopic (exact) mass is 250 g/mol. The predicted molar refractivity (Wildman–Crippen MR) is 71.5 cm³/mol. The Morgan fingerprint density at radius 2 is 1.88 bits per heavy atom. The number of carbonyl (C=O) groups excluding carboxylic acids is 1. The molecule has 4 heteroatoms. The van der Waals surface area contributed by atoms with Crippen molar-refractivity contribution in [3.8, 4) is 5.75 Å². The van der Waals surface area contributed by atoms with Crippen molar-refractivity contribution < 1.29 is 14.0 Å². The van der Waals surface area contributed by atoms with E-state index in [1.54, 1.807) is 13.2 Å². The minimum absolute atomic E-state index is 0.296. The summed E-state index contributed by atoms with van der Waals surface area (Å²) in [7, 11) is -0.208. The van der Waals surface area contributed by atoms with Gasteiger partial charge in [-0.2, -0.15) is 0 Å². The highest BCUT2D eigenvalue weighted by Gasteiger charge is 2.18. The van der Waals surface area contributed by atoms with Gasteiger partial charge in [-0.15, -0.1) is 0 Å². The molecule has 0 aliphatic rings. The Morgan fingerprint density at radius 1 is 1.24 bits per heavy atom. The number of benzene rings is 1. The Bertz CT molecular complexity index is 419. The molecule has 0 saturated carbocycles. The number of para-hydroxylation sites is 1. The molecule has 1 aromatic carbocycles. The first-order valence-electron chi connectivity index (χ1n) is 5.46. The maximum Gasteiger partial charge on any atom is 0.317 e. The summed E-state index contributed by atoms with van der Waals surface area (Å²) in [6.45, 7) is 5.92. The molecule has 3 nitrogen and oxygen atoms in total. The molecule has 0 heterocycles. The second-order valence-electron chi connectivity index (χ2n) is 4.61. The Morgan fingerprint density at radius 3 is 2.47 bits per heavy atom. The molecule has 92 valence electrons. The van der Waals surface area contributed by atoms with Gasteiger partial charge in [0.1, 0.15) is 5.75 Å². The van der Waals surface area contributed by atoms with Crippen LogP contribution < -0.4 is 4.74 Å². The molecule has 0 bridgehead atoms. The minimum atomic E-state index is -1.81. The molecule has 1 rings (SSSR count). The first-order valence-corrected chi connectivity index (χ1v) is 8.87. The third-order valence-corrected chi connectivity index (χ3v) is 2.76. The highest BCUT2D eigenvalue weighted by atomic mass is 28.4.